The monoisotopic (exact) mass is 382 g/mol. The highest BCUT2D eigenvalue weighted by molar-refractivity contribution is 9.10. The van der Waals surface area contributed by atoms with Gasteiger partial charge in [-0.15, -0.1) is 0 Å². The Morgan fingerprint density at radius 3 is 2.48 bits per heavy atom. The maximum Gasteiger partial charge on any atom is 0.120 e. The Labute approximate surface area is 147 Å². The van der Waals surface area contributed by atoms with Crippen LogP contribution in [0, 0.1) is 0 Å². The van der Waals surface area contributed by atoms with Crippen LogP contribution in [0.5, 0.6) is 5.75 Å². The second-order valence-corrected chi connectivity index (χ2v) is 7.91. The van der Waals surface area contributed by atoms with E-state index >= 15 is 0 Å². The van der Waals surface area contributed by atoms with Crippen molar-refractivity contribution in [3.63, 3.8) is 0 Å². The molecule has 4 nitrogen and oxygen atoms in total. The molecule has 128 valence electrons. The largest absolute Gasteiger partial charge is 0.508 e. The number of rotatable bonds is 3. The van der Waals surface area contributed by atoms with Gasteiger partial charge >= 0.3 is 0 Å². The molecule has 2 unspecified atom stereocenters. The fourth-order valence-electron chi connectivity index (χ4n) is 3.88. The van der Waals surface area contributed by atoms with Gasteiger partial charge in [0.2, 0.25) is 0 Å². The zero-order valence-corrected chi connectivity index (χ0v) is 15.6. The molecule has 0 amide bonds. The molecule has 1 aromatic rings. The average Bonchev–Trinajstić information content (AvgIpc) is 2.51. The summed E-state index contributed by atoms with van der Waals surface area (Å²) in [5.74, 6) is 0.395. The Morgan fingerprint density at radius 1 is 1.17 bits per heavy atom. The van der Waals surface area contributed by atoms with Crippen LogP contribution in [0.1, 0.15) is 32.3 Å². The number of halogens is 1. The van der Waals surface area contributed by atoms with Gasteiger partial charge in [0, 0.05) is 35.7 Å². The molecule has 0 bridgehead atoms. The van der Waals surface area contributed by atoms with E-state index in [1.807, 2.05) is 12.1 Å². The average molecular weight is 383 g/mol. The van der Waals surface area contributed by atoms with Crippen LogP contribution < -0.4 is 0 Å². The van der Waals surface area contributed by atoms with Crippen molar-refractivity contribution >= 4 is 15.9 Å². The maximum absolute atomic E-state index is 10.0. The Kier molecular flexibility index (Phi) is 5.62. The predicted molar refractivity (Wildman–Crippen MR) is 95.7 cm³/mol. The van der Waals surface area contributed by atoms with E-state index in [9.17, 15) is 5.11 Å². The molecule has 2 saturated heterocycles. The van der Waals surface area contributed by atoms with Crippen molar-refractivity contribution in [1.29, 1.82) is 0 Å². The van der Waals surface area contributed by atoms with E-state index in [0.29, 0.717) is 24.0 Å². The lowest BCUT2D eigenvalue weighted by molar-refractivity contribution is -0.0865. The lowest BCUT2D eigenvalue weighted by atomic mass is 10.0. The first-order valence-corrected chi connectivity index (χ1v) is 9.40. The molecule has 1 aromatic carbocycles. The highest BCUT2D eigenvalue weighted by Gasteiger charge is 2.30. The van der Waals surface area contributed by atoms with E-state index < -0.39 is 0 Å². The summed E-state index contributed by atoms with van der Waals surface area (Å²) in [4.78, 5) is 5.07. The molecule has 2 atom stereocenters. The van der Waals surface area contributed by atoms with Gasteiger partial charge in [-0.05, 0) is 58.0 Å². The highest BCUT2D eigenvalue weighted by atomic mass is 79.9. The summed E-state index contributed by atoms with van der Waals surface area (Å²) < 4.78 is 6.87. The third-order valence-corrected chi connectivity index (χ3v) is 5.45. The zero-order chi connectivity index (χ0) is 16.4. The number of aromatic hydroxyl groups is 1. The number of hydrogen-bond donors (Lipinski definition) is 1. The van der Waals surface area contributed by atoms with E-state index in [1.54, 1.807) is 6.07 Å². The molecule has 2 aliphatic rings. The molecule has 0 saturated carbocycles. The quantitative estimate of drug-likeness (QED) is 0.870. The summed E-state index contributed by atoms with van der Waals surface area (Å²) >= 11 is 3.49. The van der Waals surface area contributed by atoms with E-state index in [4.69, 9.17) is 4.74 Å². The third kappa shape index (κ3) is 4.47. The van der Waals surface area contributed by atoms with Gasteiger partial charge in [0.15, 0.2) is 0 Å². The number of likely N-dealkylation sites (tertiary alicyclic amines) is 1. The molecular weight excluding hydrogens is 356 g/mol. The first-order valence-electron chi connectivity index (χ1n) is 8.60. The Morgan fingerprint density at radius 2 is 1.83 bits per heavy atom. The van der Waals surface area contributed by atoms with E-state index in [2.05, 4.69) is 39.6 Å². The van der Waals surface area contributed by atoms with Crippen LogP contribution in [0.2, 0.25) is 0 Å². The molecule has 0 aromatic heterocycles. The Balaban J connectivity index is 1.53. The molecular formula is C18H27BrN2O2. The van der Waals surface area contributed by atoms with Crippen molar-refractivity contribution in [3.05, 3.63) is 28.2 Å². The van der Waals surface area contributed by atoms with Gasteiger partial charge in [0.1, 0.15) is 5.75 Å². The lowest BCUT2D eigenvalue weighted by Crippen LogP contribution is -2.53. The molecule has 0 radical (unpaired) electrons. The SMILES string of the molecule is CC1CN(C2CCN(Cc3cc(Br)ccc3O)CC2)CC(C)O1. The molecule has 2 heterocycles. The standard InChI is InChI=1S/C18H27BrN2O2/c1-13-10-21(11-14(2)23-13)17-5-7-20(8-6-17)12-15-9-16(19)3-4-18(15)22/h3-4,9,13-14,17,22H,5-8,10-12H2,1-2H3. The van der Waals surface area contributed by atoms with Gasteiger partial charge < -0.3 is 9.84 Å². The van der Waals surface area contributed by atoms with Crippen LogP contribution in [0.4, 0.5) is 0 Å². The number of hydrogen-bond acceptors (Lipinski definition) is 4. The normalized spacial score (nSPS) is 28.1. The number of ether oxygens (including phenoxy) is 1. The summed E-state index contributed by atoms with van der Waals surface area (Å²) in [6, 6.07) is 6.34. The molecule has 3 rings (SSSR count). The van der Waals surface area contributed by atoms with Crippen LogP contribution in [0.3, 0.4) is 0 Å². The Bertz CT molecular complexity index is 522. The van der Waals surface area contributed by atoms with Gasteiger partial charge in [-0.2, -0.15) is 0 Å². The second-order valence-electron chi connectivity index (χ2n) is 6.99. The zero-order valence-electron chi connectivity index (χ0n) is 14.0. The second kappa shape index (κ2) is 7.51. The highest BCUT2D eigenvalue weighted by Crippen LogP contribution is 2.26. The van der Waals surface area contributed by atoms with Crippen LogP contribution in [0.25, 0.3) is 0 Å². The van der Waals surface area contributed by atoms with Crippen LogP contribution in [-0.2, 0) is 11.3 Å². The number of benzene rings is 1. The fourth-order valence-corrected chi connectivity index (χ4v) is 4.29. The van der Waals surface area contributed by atoms with E-state index in [0.717, 1.165) is 42.8 Å². The molecule has 0 spiro atoms. The summed E-state index contributed by atoms with van der Waals surface area (Å²) in [6.45, 7) is 9.48. The first kappa shape index (κ1) is 17.2. The summed E-state index contributed by atoms with van der Waals surface area (Å²) in [7, 11) is 0. The number of phenolic OH excluding ortho intramolecular Hbond substituents is 1. The number of nitrogens with zero attached hydrogens (tertiary/aromatic N) is 2. The van der Waals surface area contributed by atoms with Gasteiger partial charge in [-0.1, -0.05) is 15.9 Å². The lowest BCUT2D eigenvalue weighted by Gasteiger charge is -2.43. The predicted octanol–water partition coefficient (Wildman–Crippen LogP) is 3.23. The summed E-state index contributed by atoms with van der Waals surface area (Å²) in [5, 5.41) is 10.0. The van der Waals surface area contributed by atoms with Gasteiger partial charge in [-0.3, -0.25) is 9.80 Å². The summed E-state index contributed by atoms with van der Waals surface area (Å²) in [5.41, 5.74) is 1.01. The fraction of sp³-hybridized carbons (Fsp3) is 0.667. The Hall–Kier alpha value is -0.620. The number of piperidine rings is 1. The van der Waals surface area contributed by atoms with Crippen molar-refractivity contribution < 1.29 is 9.84 Å². The smallest absolute Gasteiger partial charge is 0.120 e. The molecule has 23 heavy (non-hydrogen) atoms. The van der Waals surface area contributed by atoms with Gasteiger partial charge in [-0.25, -0.2) is 0 Å². The van der Waals surface area contributed by atoms with Crippen molar-refractivity contribution in [2.45, 2.75) is 51.5 Å². The number of morpholine rings is 1. The van der Waals surface area contributed by atoms with E-state index in [1.165, 1.54) is 12.8 Å². The topological polar surface area (TPSA) is 35.9 Å². The van der Waals surface area contributed by atoms with E-state index in [-0.39, 0.29) is 0 Å². The molecule has 5 heteroatoms. The van der Waals surface area contributed by atoms with Crippen LogP contribution >= 0.6 is 15.9 Å². The van der Waals surface area contributed by atoms with Crippen LogP contribution in [-0.4, -0.2) is 59.3 Å². The maximum atomic E-state index is 10.0. The molecule has 1 N–H and O–H groups in total. The third-order valence-electron chi connectivity index (χ3n) is 4.96. The first-order chi connectivity index (χ1) is 11.0. The molecule has 2 fully saturated rings. The molecule has 2 aliphatic heterocycles. The minimum atomic E-state index is 0.343. The van der Waals surface area contributed by atoms with Gasteiger partial charge in [0.05, 0.1) is 12.2 Å². The minimum absolute atomic E-state index is 0.343. The minimum Gasteiger partial charge on any atom is -0.508 e. The summed E-state index contributed by atoms with van der Waals surface area (Å²) in [6.07, 6.45) is 3.09. The molecule has 0 aliphatic carbocycles. The van der Waals surface area contributed by atoms with Crippen molar-refractivity contribution in [2.24, 2.45) is 0 Å². The van der Waals surface area contributed by atoms with Crippen molar-refractivity contribution in [3.8, 4) is 5.75 Å². The van der Waals surface area contributed by atoms with Crippen molar-refractivity contribution in [2.75, 3.05) is 26.2 Å². The van der Waals surface area contributed by atoms with Gasteiger partial charge in [0.25, 0.3) is 0 Å². The number of phenols is 1. The van der Waals surface area contributed by atoms with Crippen molar-refractivity contribution in [1.82, 2.24) is 9.80 Å². The van der Waals surface area contributed by atoms with Crippen LogP contribution in [0.15, 0.2) is 22.7 Å².